The Kier molecular flexibility index (Phi) is 6.70. The van der Waals surface area contributed by atoms with Crippen molar-refractivity contribution >= 4 is 45.7 Å². The summed E-state index contributed by atoms with van der Waals surface area (Å²) in [4.78, 5) is 17.0. The van der Waals surface area contributed by atoms with Crippen molar-refractivity contribution in [2.24, 2.45) is 0 Å². The van der Waals surface area contributed by atoms with Gasteiger partial charge in [0.15, 0.2) is 16.1 Å². The topological polar surface area (TPSA) is 72.7 Å². The summed E-state index contributed by atoms with van der Waals surface area (Å²) in [6.07, 6.45) is 0. The third-order valence-corrected chi connectivity index (χ3v) is 6.63. The van der Waals surface area contributed by atoms with E-state index in [-0.39, 0.29) is 11.7 Å². The summed E-state index contributed by atoms with van der Waals surface area (Å²) in [7, 11) is 0. The normalized spacial score (nSPS) is 10.9. The van der Waals surface area contributed by atoms with Gasteiger partial charge in [-0.25, -0.2) is 4.98 Å². The van der Waals surface area contributed by atoms with Crippen LogP contribution in [0.5, 0.6) is 0 Å². The molecule has 2 aromatic heterocycles. The minimum atomic E-state index is -0.139. The van der Waals surface area contributed by atoms with Crippen LogP contribution >= 0.6 is 34.7 Å². The minimum Gasteiger partial charge on any atom is -0.302 e. The molecular formula is C22H20ClN5OS2. The highest BCUT2D eigenvalue weighted by Crippen LogP contribution is 2.29. The standard InChI is InChI=1S/C22H20ClN5OS2/c1-3-28-20(16-6-4-5-7-17(16)23)26-27-22(28)31-13-19(29)25-21-24-18(12-30-21)15-10-8-14(2)9-11-15/h4-12H,3,13H2,1-2H3,(H,24,25,29). The number of carbonyl (C=O) groups excluding carboxylic acids is 1. The maximum atomic E-state index is 12.5. The number of halogens is 1. The number of benzene rings is 2. The molecule has 0 atom stereocenters. The molecule has 158 valence electrons. The summed E-state index contributed by atoms with van der Waals surface area (Å²) >= 11 is 9.06. The molecule has 0 radical (unpaired) electrons. The molecule has 1 amide bonds. The molecular weight excluding hydrogens is 450 g/mol. The summed E-state index contributed by atoms with van der Waals surface area (Å²) in [5.74, 6) is 0.763. The lowest BCUT2D eigenvalue weighted by atomic mass is 10.1. The van der Waals surface area contributed by atoms with Gasteiger partial charge in [0.2, 0.25) is 5.91 Å². The molecule has 0 bridgehead atoms. The molecule has 31 heavy (non-hydrogen) atoms. The molecule has 0 aliphatic rings. The maximum Gasteiger partial charge on any atom is 0.236 e. The van der Waals surface area contributed by atoms with Crippen LogP contribution in [0, 0.1) is 6.92 Å². The highest BCUT2D eigenvalue weighted by Gasteiger charge is 2.17. The highest BCUT2D eigenvalue weighted by atomic mass is 35.5. The molecule has 4 rings (SSSR count). The maximum absolute atomic E-state index is 12.5. The third kappa shape index (κ3) is 4.98. The molecule has 0 unspecified atom stereocenters. The van der Waals surface area contributed by atoms with Crippen LogP contribution in [0.3, 0.4) is 0 Å². The van der Waals surface area contributed by atoms with E-state index in [1.807, 2.05) is 72.3 Å². The van der Waals surface area contributed by atoms with Gasteiger partial charge >= 0.3 is 0 Å². The summed E-state index contributed by atoms with van der Waals surface area (Å²) in [5.41, 5.74) is 3.89. The first-order valence-electron chi connectivity index (χ1n) is 9.68. The summed E-state index contributed by atoms with van der Waals surface area (Å²) < 4.78 is 1.96. The van der Waals surface area contributed by atoms with E-state index in [1.165, 1.54) is 28.7 Å². The molecule has 0 aliphatic carbocycles. The average molecular weight is 470 g/mol. The second-order valence-corrected chi connectivity index (χ2v) is 8.98. The zero-order valence-electron chi connectivity index (χ0n) is 17.0. The van der Waals surface area contributed by atoms with E-state index in [0.29, 0.717) is 27.7 Å². The van der Waals surface area contributed by atoms with E-state index in [0.717, 1.165) is 16.8 Å². The van der Waals surface area contributed by atoms with Gasteiger partial charge in [-0.1, -0.05) is 65.3 Å². The number of amides is 1. The minimum absolute atomic E-state index is 0.139. The van der Waals surface area contributed by atoms with Crippen LogP contribution < -0.4 is 5.32 Å². The van der Waals surface area contributed by atoms with E-state index < -0.39 is 0 Å². The predicted octanol–water partition coefficient (Wildman–Crippen LogP) is 5.78. The molecule has 0 saturated heterocycles. The van der Waals surface area contributed by atoms with Crippen molar-refractivity contribution in [3.8, 4) is 22.6 Å². The monoisotopic (exact) mass is 469 g/mol. The number of aromatic nitrogens is 4. The number of anilines is 1. The Labute approximate surface area is 193 Å². The number of aryl methyl sites for hydroxylation is 1. The number of nitrogens with zero attached hydrogens (tertiary/aromatic N) is 4. The van der Waals surface area contributed by atoms with Crippen molar-refractivity contribution in [2.75, 3.05) is 11.1 Å². The van der Waals surface area contributed by atoms with Gasteiger partial charge in [0.05, 0.1) is 16.5 Å². The second-order valence-electron chi connectivity index (χ2n) is 6.77. The predicted molar refractivity (Wildman–Crippen MR) is 128 cm³/mol. The van der Waals surface area contributed by atoms with Crippen LogP contribution in [-0.4, -0.2) is 31.4 Å². The average Bonchev–Trinajstić information content (AvgIpc) is 3.40. The Morgan fingerprint density at radius 3 is 2.68 bits per heavy atom. The first-order valence-corrected chi connectivity index (χ1v) is 11.9. The van der Waals surface area contributed by atoms with Crippen molar-refractivity contribution in [3.05, 3.63) is 64.5 Å². The molecule has 6 nitrogen and oxygen atoms in total. The zero-order chi connectivity index (χ0) is 21.8. The lowest BCUT2D eigenvalue weighted by Crippen LogP contribution is -2.14. The van der Waals surface area contributed by atoms with Crippen molar-refractivity contribution in [1.29, 1.82) is 0 Å². The molecule has 0 spiro atoms. The lowest BCUT2D eigenvalue weighted by Gasteiger charge is -2.08. The number of hydrogen-bond donors (Lipinski definition) is 1. The Morgan fingerprint density at radius 2 is 1.94 bits per heavy atom. The fourth-order valence-electron chi connectivity index (χ4n) is 3.00. The van der Waals surface area contributed by atoms with Gasteiger partial charge in [-0.15, -0.1) is 21.5 Å². The van der Waals surface area contributed by atoms with Crippen molar-refractivity contribution in [3.63, 3.8) is 0 Å². The molecule has 0 aliphatic heterocycles. The fraction of sp³-hybridized carbons (Fsp3) is 0.182. The van der Waals surface area contributed by atoms with Crippen LogP contribution in [0.4, 0.5) is 5.13 Å². The van der Waals surface area contributed by atoms with Crippen LogP contribution in [0.1, 0.15) is 12.5 Å². The Balaban J connectivity index is 1.41. The van der Waals surface area contributed by atoms with Crippen molar-refractivity contribution < 1.29 is 4.79 Å². The van der Waals surface area contributed by atoms with E-state index in [9.17, 15) is 4.79 Å². The SMILES string of the molecule is CCn1c(SCC(=O)Nc2nc(-c3ccc(C)cc3)cs2)nnc1-c1ccccc1Cl. The summed E-state index contributed by atoms with van der Waals surface area (Å²) in [6.45, 7) is 4.73. The van der Waals surface area contributed by atoms with Crippen LogP contribution in [0.15, 0.2) is 59.1 Å². The second kappa shape index (κ2) is 9.64. The molecule has 4 aromatic rings. The summed E-state index contributed by atoms with van der Waals surface area (Å²) in [5, 5.41) is 15.2. The number of thioether (sulfide) groups is 1. The number of nitrogens with one attached hydrogen (secondary N) is 1. The fourth-order valence-corrected chi connectivity index (χ4v) is 4.75. The molecule has 1 N–H and O–H groups in total. The van der Waals surface area contributed by atoms with Gasteiger partial charge in [-0.2, -0.15) is 0 Å². The van der Waals surface area contributed by atoms with E-state index in [4.69, 9.17) is 11.6 Å². The Hall–Kier alpha value is -2.68. The molecule has 2 aromatic carbocycles. The number of hydrogen-bond acceptors (Lipinski definition) is 6. The Morgan fingerprint density at radius 1 is 1.16 bits per heavy atom. The van der Waals surface area contributed by atoms with Crippen molar-refractivity contribution in [1.82, 2.24) is 19.7 Å². The van der Waals surface area contributed by atoms with Gasteiger partial charge < -0.3 is 9.88 Å². The first-order chi connectivity index (χ1) is 15.0. The molecule has 2 heterocycles. The van der Waals surface area contributed by atoms with Gasteiger partial charge in [-0.3, -0.25) is 4.79 Å². The van der Waals surface area contributed by atoms with Gasteiger partial charge in [0, 0.05) is 23.1 Å². The van der Waals surface area contributed by atoms with E-state index in [1.54, 1.807) is 0 Å². The first kappa shape index (κ1) is 21.5. The Bertz CT molecular complexity index is 1200. The number of rotatable bonds is 7. The highest BCUT2D eigenvalue weighted by molar-refractivity contribution is 7.99. The quantitative estimate of drug-likeness (QED) is 0.347. The lowest BCUT2D eigenvalue weighted by molar-refractivity contribution is -0.113. The van der Waals surface area contributed by atoms with Crippen molar-refractivity contribution in [2.45, 2.75) is 25.5 Å². The van der Waals surface area contributed by atoms with Crippen LogP contribution in [-0.2, 0) is 11.3 Å². The zero-order valence-corrected chi connectivity index (χ0v) is 19.4. The van der Waals surface area contributed by atoms with Crippen LogP contribution in [0.25, 0.3) is 22.6 Å². The van der Waals surface area contributed by atoms with E-state index >= 15 is 0 Å². The van der Waals surface area contributed by atoms with E-state index in [2.05, 4.69) is 20.5 Å². The molecule has 0 saturated carbocycles. The van der Waals surface area contributed by atoms with Gasteiger partial charge in [-0.05, 0) is 26.0 Å². The number of thiazole rings is 1. The third-order valence-electron chi connectivity index (χ3n) is 4.58. The summed E-state index contributed by atoms with van der Waals surface area (Å²) in [6, 6.07) is 15.7. The molecule has 0 fully saturated rings. The molecule has 9 heteroatoms. The van der Waals surface area contributed by atoms with Gasteiger partial charge in [0.25, 0.3) is 0 Å². The number of carbonyl (C=O) groups is 1. The van der Waals surface area contributed by atoms with Gasteiger partial charge in [0.1, 0.15) is 0 Å². The smallest absolute Gasteiger partial charge is 0.236 e. The van der Waals surface area contributed by atoms with Crippen LogP contribution in [0.2, 0.25) is 5.02 Å². The largest absolute Gasteiger partial charge is 0.302 e.